The highest BCUT2D eigenvalue weighted by atomic mass is 16.5. The van der Waals surface area contributed by atoms with Gasteiger partial charge in [0.1, 0.15) is 6.10 Å². The Morgan fingerprint density at radius 3 is 2.20 bits per heavy atom. The van der Waals surface area contributed by atoms with Crippen molar-refractivity contribution in [3.63, 3.8) is 0 Å². The van der Waals surface area contributed by atoms with E-state index in [1.54, 1.807) is 12.1 Å². The van der Waals surface area contributed by atoms with Crippen LogP contribution in [0.2, 0.25) is 0 Å². The Morgan fingerprint density at radius 2 is 1.60 bits per heavy atom. The standard InChI is InChI=1S/C26H42O4/c1-5-9-11-15-21(13-7-3)24(18-20(8-4)14-10-6-2)30-26(29)23-17-12-16-22(19-23)25(27)28/h12,16-17,19-21,24H,5-11,13-15,18H2,1-4H3,(H,27,28). The minimum atomic E-state index is -1.03. The summed E-state index contributed by atoms with van der Waals surface area (Å²) >= 11 is 0. The lowest BCUT2D eigenvalue weighted by atomic mass is 9.83. The molecule has 1 aromatic carbocycles. The Balaban J connectivity index is 3.02. The molecule has 170 valence electrons. The van der Waals surface area contributed by atoms with Crippen molar-refractivity contribution >= 4 is 11.9 Å². The molecule has 0 saturated carbocycles. The second-order valence-corrected chi connectivity index (χ2v) is 8.53. The van der Waals surface area contributed by atoms with Crippen molar-refractivity contribution in [2.24, 2.45) is 11.8 Å². The summed E-state index contributed by atoms with van der Waals surface area (Å²) < 4.78 is 6.10. The Kier molecular flexibility index (Phi) is 13.1. The molecule has 0 radical (unpaired) electrons. The zero-order valence-corrected chi connectivity index (χ0v) is 19.5. The number of unbranched alkanes of at least 4 members (excludes halogenated alkanes) is 3. The van der Waals surface area contributed by atoms with Crippen LogP contribution in [0.15, 0.2) is 24.3 Å². The van der Waals surface area contributed by atoms with Crippen molar-refractivity contribution in [3.05, 3.63) is 35.4 Å². The highest BCUT2D eigenvalue weighted by Gasteiger charge is 2.28. The van der Waals surface area contributed by atoms with Crippen molar-refractivity contribution in [1.82, 2.24) is 0 Å². The predicted molar refractivity (Wildman–Crippen MR) is 123 cm³/mol. The Bertz CT molecular complexity index is 625. The van der Waals surface area contributed by atoms with E-state index in [4.69, 9.17) is 4.74 Å². The summed E-state index contributed by atoms with van der Waals surface area (Å²) in [5.41, 5.74) is 0.439. The first-order chi connectivity index (χ1) is 14.5. The lowest BCUT2D eigenvalue weighted by molar-refractivity contribution is 0.00116. The number of aromatic carboxylic acids is 1. The summed E-state index contributed by atoms with van der Waals surface area (Å²) in [7, 11) is 0. The molecule has 1 aromatic rings. The lowest BCUT2D eigenvalue weighted by Gasteiger charge is -2.30. The molecular weight excluding hydrogens is 376 g/mol. The van der Waals surface area contributed by atoms with E-state index in [0.29, 0.717) is 17.4 Å². The lowest BCUT2D eigenvalue weighted by Crippen LogP contribution is -2.30. The molecule has 1 N–H and O–H groups in total. The molecule has 30 heavy (non-hydrogen) atoms. The van der Waals surface area contributed by atoms with Gasteiger partial charge in [-0.25, -0.2) is 9.59 Å². The molecule has 0 aliphatic carbocycles. The molecule has 0 aliphatic rings. The highest BCUT2D eigenvalue weighted by molar-refractivity contribution is 5.94. The summed E-state index contributed by atoms with van der Waals surface area (Å²) in [6.07, 6.45) is 12.2. The maximum Gasteiger partial charge on any atom is 0.338 e. The second kappa shape index (κ2) is 15.0. The van der Waals surface area contributed by atoms with Crippen molar-refractivity contribution < 1.29 is 19.4 Å². The quantitative estimate of drug-likeness (QED) is 0.223. The molecule has 0 spiro atoms. The third kappa shape index (κ3) is 9.32. The normalized spacial score (nSPS) is 14.1. The van der Waals surface area contributed by atoms with Gasteiger partial charge in [0.25, 0.3) is 0 Å². The van der Waals surface area contributed by atoms with E-state index in [9.17, 15) is 14.7 Å². The Morgan fingerprint density at radius 1 is 0.900 bits per heavy atom. The van der Waals surface area contributed by atoms with E-state index in [0.717, 1.165) is 38.5 Å². The van der Waals surface area contributed by atoms with Crippen LogP contribution in [0.3, 0.4) is 0 Å². The number of benzene rings is 1. The molecule has 0 fully saturated rings. The van der Waals surface area contributed by atoms with Gasteiger partial charge in [-0.2, -0.15) is 0 Å². The summed E-state index contributed by atoms with van der Waals surface area (Å²) in [6, 6.07) is 6.17. The number of carboxylic acid groups (broad SMARTS) is 1. The maximum atomic E-state index is 12.9. The summed E-state index contributed by atoms with van der Waals surface area (Å²) in [6.45, 7) is 8.84. The van der Waals surface area contributed by atoms with Crippen LogP contribution in [0.25, 0.3) is 0 Å². The van der Waals surface area contributed by atoms with E-state index in [2.05, 4.69) is 27.7 Å². The van der Waals surface area contributed by atoms with Crippen molar-refractivity contribution in [2.75, 3.05) is 0 Å². The van der Waals surface area contributed by atoms with E-state index < -0.39 is 11.9 Å². The average Bonchev–Trinajstić information content (AvgIpc) is 2.75. The van der Waals surface area contributed by atoms with Crippen LogP contribution < -0.4 is 0 Å². The van der Waals surface area contributed by atoms with E-state index >= 15 is 0 Å². The van der Waals surface area contributed by atoms with Gasteiger partial charge in [0, 0.05) is 0 Å². The van der Waals surface area contributed by atoms with Gasteiger partial charge in [-0.15, -0.1) is 0 Å². The largest absolute Gasteiger partial charge is 0.478 e. The molecule has 1 rings (SSSR count). The SMILES string of the molecule is CCCCCC(CCC)C(CC(CC)CCCC)OC(=O)c1cccc(C(=O)O)c1. The zero-order chi connectivity index (χ0) is 22.4. The number of ether oxygens (including phenoxy) is 1. The van der Waals surface area contributed by atoms with E-state index in [1.165, 1.54) is 44.2 Å². The average molecular weight is 419 g/mol. The van der Waals surface area contributed by atoms with E-state index in [1.807, 2.05) is 0 Å². The number of rotatable bonds is 16. The molecule has 3 unspecified atom stereocenters. The highest BCUT2D eigenvalue weighted by Crippen LogP contribution is 2.30. The second-order valence-electron chi connectivity index (χ2n) is 8.53. The number of hydrogen-bond acceptors (Lipinski definition) is 3. The molecule has 0 heterocycles. The van der Waals surface area contributed by atoms with Crippen LogP contribution in [0.1, 0.15) is 119 Å². The van der Waals surface area contributed by atoms with Crippen molar-refractivity contribution in [1.29, 1.82) is 0 Å². The fourth-order valence-electron chi connectivity index (χ4n) is 4.17. The van der Waals surface area contributed by atoms with Crippen LogP contribution in [-0.2, 0) is 4.74 Å². The number of carbonyl (C=O) groups excluding carboxylic acids is 1. The molecule has 0 aliphatic heterocycles. The summed E-state index contributed by atoms with van der Waals surface area (Å²) in [4.78, 5) is 24.2. The van der Waals surface area contributed by atoms with Crippen LogP contribution >= 0.6 is 0 Å². The molecule has 4 nitrogen and oxygen atoms in total. The Hall–Kier alpha value is -1.84. The van der Waals surface area contributed by atoms with Gasteiger partial charge in [-0.3, -0.25) is 0 Å². The van der Waals surface area contributed by atoms with Gasteiger partial charge in [0.2, 0.25) is 0 Å². The topological polar surface area (TPSA) is 63.6 Å². The molecule has 3 atom stereocenters. The number of hydrogen-bond donors (Lipinski definition) is 1. The van der Waals surface area contributed by atoms with Gasteiger partial charge < -0.3 is 9.84 Å². The monoisotopic (exact) mass is 418 g/mol. The van der Waals surface area contributed by atoms with Crippen LogP contribution in [0.5, 0.6) is 0 Å². The van der Waals surface area contributed by atoms with Crippen LogP contribution in [0, 0.1) is 11.8 Å². The third-order valence-corrected chi connectivity index (χ3v) is 6.08. The number of carboxylic acids is 1. The zero-order valence-electron chi connectivity index (χ0n) is 19.5. The molecule has 0 saturated heterocycles. The maximum absolute atomic E-state index is 12.9. The molecule has 0 amide bonds. The summed E-state index contributed by atoms with van der Waals surface area (Å²) in [5, 5.41) is 9.23. The Labute approximate surface area is 183 Å². The minimum Gasteiger partial charge on any atom is -0.478 e. The minimum absolute atomic E-state index is 0.107. The first-order valence-electron chi connectivity index (χ1n) is 12.0. The molecule has 0 aromatic heterocycles. The van der Waals surface area contributed by atoms with Crippen molar-refractivity contribution in [2.45, 2.75) is 104 Å². The number of carbonyl (C=O) groups is 2. The van der Waals surface area contributed by atoms with E-state index in [-0.39, 0.29) is 11.7 Å². The molecule has 0 bridgehead atoms. The fourth-order valence-corrected chi connectivity index (χ4v) is 4.17. The van der Waals surface area contributed by atoms with Gasteiger partial charge in [0.05, 0.1) is 11.1 Å². The number of esters is 1. The van der Waals surface area contributed by atoms with Crippen LogP contribution in [-0.4, -0.2) is 23.1 Å². The fraction of sp³-hybridized carbons (Fsp3) is 0.692. The van der Waals surface area contributed by atoms with Gasteiger partial charge in [-0.05, 0) is 49.3 Å². The molecular formula is C26H42O4. The molecule has 4 heteroatoms. The smallest absolute Gasteiger partial charge is 0.338 e. The van der Waals surface area contributed by atoms with Crippen LogP contribution in [0.4, 0.5) is 0 Å². The van der Waals surface area contributed by atoms with Gasteiger partial charge in [-0.1, -0.05) is 85.1 Å². The van der Waals surface area contributed by atoms with Gasteiger partial charge in [0.15, 0.2) is 0 Å². The van der Waals surface area contributed by atoms with Gasteiger partial charge >= 0.3 is 11.9 Å². The predicted octanol–water partition coefficient (Wildman–Crippen LogP) is 7.51. The first kappa shape index (κ1) is 26.2. The summed E-state index contributed by atoms with van der Waals surface area (Å²) in [5.74, 6) is -0.511. The third-order valence-electron chi connectivity index (χ3n) is 6.08. The first-order valence-corrected chi connectivity index (χ1v) is 12.0. The van der Waals surface area contributed by atoms with Crippen molar-refractivity contribution in [3.8, 4) is 0 Å².